The molecule has 4 saturated carbocycles. The predicted molar refractivity (Wildman–Crippen MR) is 73.5 cm³/mol. The van der Waals surface area contributed by atoms with Gasteiger partial charge in [0.25, 0.3) is 0 Å². The highest BCUT2D eigenvalue weighted by molar-refractivity contribution is 5.74. The van der Waals surface area contributed by atoms with Crippen LogP contribution < -0.4 is 0 Å². The van der Waals surface area contributed by atoms with E-state index in [0.29, 0.717) is 0 Å². The number of hydrogen-bond donors (Lipinski definition) is 0. The monoisotopic (exact) mass is 242 g/mol. The van der Waals surface area contributed by atoms with Gasteiger partial charge in [0, 0.05) is 5.56 Å². The van der Waals surface area contributed by atoms with Crippen molar-refractivity contribution in [2.45, 2.75) is 38.5 Å². The van der Waals surface area contributed by atoms with Crippen molar-refractivity contribution >= 4 is 6.29 Å². The SMILES string of the molecule is C1C2CC3CC1CC(C2)C3.O=Cc1ccccc1. The highest BCUT2D eigenvalue weighted by atomic mass is 16.1. The molecule has 0 unspecified atom stereocenters. The van der Waals surface area contributed by atoms with Gasteiger partial charge in [0.1, 0.15) is 6.29 Å². The second kappa shape index (κ2) is 5.26. The normalized spacial score (nSPS) is 35.8. The smallest absolute Gasteiger partial charge is 0.150 e. The number of hydrogen-bond acceptors (Lipinski definition) is 1. The Morgan fingerprint density at radius 1 is 0.722 bits per heavy atom. The van der Waals surface area contributed by atoms with E-state index in [-0.39, 0.29) is 0 Å². The van der Waals surface area contributed by atoms with Crippen molar-refractivity contribution in [3.05, 3.63) is 35.9 Å². The van der Waals surface area contributed by atoms with E-state index in [1.54, 1.807) is 50.7 Å². The molecule has 1 nitrogen and oxygen atoms in total. The van der Waals surface area contributed by atoms with Crippen LogP contribution in [-0.4, -0.2) is 6.29 Å². The van der Waals surface area contributed by atoms with Crippen LogP contribution in [0.2, 0.25) is 0 Å². The molecule has 4 bridgehead atoms. The Labute approximate surface area is 110 Å². The molecule has 0 aromatic heterocycles. The Balaban J connectivity index is 0.000000115. The van der Waals surface area contributed by atoms with E-state index in [0.717, 1.165) is 11.8 Å². The quantitative estimate of drug-likeness (QED) is 0.670. The van der Waals surface area contributed by atoms with Gasteiger partial charge in [-0.2, -0.15) is 0 Å². The second-order valence-corrected chi connectivity index (χ2v) is 6.41. The maximum Gasteiger partial charge on any atom is 0.150 e. The number of carbonyl (C=O) groups is 1. The Hall–Kier alpha value is -1.11. The molecule has 5 rings (SSSR count). The molecular weight excluding hydrogens is 220 g/mol. The van der Waals surface area contributed by atoms with Gasteiger partial charge in [0.15, 0.2) is 0 Å². The summed E-state index contributed by atoms with van der Waals surface area (Å²) in [6, 6.07) is 9.10. The zero-order valence-corrected chi connectivity index (χ0v) is 10.9. The van der Waals surface area contributed by atoms with E-state index < -0.39 is 0 Å². The number of aldehydes is 1. The standard InChI is InChI=1S/C10H16.C7H6O/c1-7-2-9-4-8(1)5-10(3-7)6-9;8-6-7-4-2-1-3-5-7/h7-10H,1-6H2;1-6H. The fourth-order valence-electron chi connectivity index (χ4n) is 4.51. The Morgan fingerprint density at radius 3 is 1.39 bits per heavy atom. The van der Waals surface area contributed by atoms with Crippen molar-refractivity contribution in [3.8, 4) is 0 Å². The molecular formula is C17H22O. The molecule has 1 heteroatoms. The summed E-state index contributed by atoms with van der Waals surface area (Å²) >= 11 is 0. The predicted octanol–water partition coefficient (Wildman–Crippen LogP) is 4.33. The lowest BCUT2D eigenvalue weighted by molar-refractivity contribution is 0.0198. The third-order valence-electron chi connectivity index (χ3n) is 4.94. The van der Waals surface area contributed by atoms with Crippen molar-refractivity contribution in [2.24, 2.45) is 23.7 Å². The molecule has 0 saturated heterocycles. The van der Waals surface area contributed by atoms with Gasteiger partial charge >= 0.3 is 0 Å². The van der Waals surface area contributed by atoms with Crippen molar-refractivity contribution in [2.75, 3.05) is 0 Å². The van der Waals surface area contributed by atoms with E-state index in [4.69, 9.17) is 0 Å². The molecule has 18 heavy (non-hydrogen) atoms. The lowest BCUT2D eigenvalue weighted by Gasteiger charge is -2.49. The van der Waals surface area contributed by atoms with Gasteiger partial charge in [-0.05, 0) is 62.2 Å². The number of rotatable bonds is 1. The molecule has 4 aliphatic carbocycles. The van der Waals surface area contributed by atoms with E-state index in [9.17, 15) is 4.79 Å². The largest absolute Gasteiger partial charge is 0.298 e. The van der Waals surface area contributed by atoms with Crippen LogP contribution in [0, 0.1) is 23.7 Å². The fraction of sp³-hybridized carbons (Fsp3) is 0.588. The minimum atomic E-state index is 0.729. The molecule has 0 heterocycles. The Morgan fingerprint density at radius 2 is 1.11 bits per heavy atom. The first-order valence-corrected chi connectivity index (χ1v) is 7.33. The fourth-order valence-corrected chi connectivity index (χ4v) is 4.51. The first kappa shape index (κ1) is 12.0. The van der Waals surface area contributed by atoms with Gasteiger partial charge < -0.3 is 0 Å². The van der Waals surface area contributed by atoms with Crippen LogP contribution in [0.5, 0.6) is 0 Å². The number of carbonyl (C=O) groups excluding carboxylic acids is 1. The Bertz CT molecular complexity index is 339. The average molecular weight is 242 g/mol. The van der Waals surface area contributed by atoms with Gasteiger partial charge in [-0.15, -0.1) is 0 Å². The topological polar surface area (TPSA) is 17.1 Å². The Kier molecular flexibility index (Phi) is 3.49. The molecule has 4 fully saturated rings. The summed E-state index contributed by atoms with van der Waals surface area (Å²) in [5, 5.41) is 0. The molecule has 0 N–H and O–H groups in total. The van der Waals surface area contributed by atoms with E-state index in [2.05, 4.69) is 0 Å². The van der Waals surface area contributed by atoms with Crippen molar-refractivity contribution < 1.29 is 4.79 Å². The molecule has 0 amide bonds. The second-order valence-electron chi connectivity index (χ2n) is 6.41. The summed E-state index contributed by atoms with van der Waals surface area (Å²) in [5.74, 6) is 4.71. The maximum absolute atomic E-state index is 10.0. The molecule has 0 aliphatic heterocycles. The van der Waals surface area contributed by atoms with Gasteiger partial charge in [-0.25, -0.2) is 0 Å². The van der Waals surface area contributed by atoms with E-state index >= 15 is 0 Å². The molecule has 0 radical (unpaired) electrons. The van der Waals surface area contributed by atoms with Gasteiger partial charge in [0.2, 0.25) is 0 Å². The van der Waals surface area contributed by atoms with Crippen LogP contribution in [0.3, 0.4) is 0 Å². The summed E-state index contributed by atoms with van der Waals surface area (Å²) in [4.78, 5) is 10.0. The zero-order valence-electron chi connectivity index (χ0n) is 10.9. The van der Waals surface area contributed by atoms with Gasteiger partial charge in [-0.1, -0.05) is 30.3 Å². The molecule has 1 aromatic rings. The average Bonchev–Trinajstić information content (AvgIpc) is 2.39. The van der Waals surface area contributed by atoms with Gasteiger partial charge in [0.05, 0.1) is 0 Å². The summed E-state index contributed by atoms with van der Waals surface area (Å²) in [6.07, 6.45) is 10.5. The summed E-state index contributed by atoms with van der Waals surface area (Å²) in [5.41, 5.74) is 0.729. The van der Waals surface area contributed by atoms with Crippen molar-refractivity contribution in [1.29, 1.82) is 0 Å². The highest BCUT2D eigenvalue weighted by Gasteiger charge is 2.41. The van der Waals surface area contributed by atoms with E-state index in [1.165, 1.54) is 23.7 Å². The first-order chi connectivity index (χ1) is 8.83. The van der Waals surface area contributed by atoms with E-state index in [1.807, 2.05) is 18.2 Å². The highest BCUT2D eigenvalue weighted by Crippen LogP contribution is 2.53. The zero-order chi connectivity index (χ0) is 12.4. The molecule has 4 aliphatic rings. The molecule has 1 aromatic carbocycles. The van der Waals surface area contributed by atoms with Gasteiger partial charge in [-0.3, -0.25) is 4.79 Å². The summed E-state index contributed by atoms with van der Waals surface area (Å²) < 4.78 is 0. The molecule has 0 spiro atoms. The minimum absolute atomic E-state index is 0.729. The maximum atomic E-state index is 10.0. The van der Waals surface area contributed by atoms with Crippen LogP contribution in [0.15, 0.2) is 30.3 Å². The minimum Gasteiger partial charge on any atom is -0.298 e. The number of benzene rings is 1. The van der Waals surface area contributed by atoms with Crippen molar-refractivity contribution in [1.82, 2.24) is 0 Å². The van der Waals surface area contributed by atoms with Crippen molar-refractivity contribution in [3.63, 3.8) is 0 Å². The lowest BCUT2D eigenvalue weighted by Crippen LogP contribution is -2.38. The van der Waals surface area contributed by atoms with Crippen LogP contribution in [0.1, 0.15) is 48.9 Å². The van der Waals surface area contributed by atoms with Crippen LogP contribution >= 0.6 is 0 Å². The van der Waals surface area contributed by atoms with Crippen LogP contribution in [-0.2, 0) is 0 Å². The first-order valence-electron chi connectivity index (χ1n) is 7.33. The molecule has 96 valence electrons. The molecule has 0 atom stereocenters. The lowest BCUT2D eigenvalue weighted by atomic mass is 9.56. The van der Waals surface area contributed by atoms with Crippen LogP contribution in [0.25, 0.3) is 0 Å². The van der Waals surface area contributed by atoms with Crippen LogP contribution in [0.4, 0.5) is 0 Å². The summed E-state index contributed by atoms with van der Waals surface area (Å²) in [7, 11) is 0. The summed E-state index contributed by atoms with van der Waals surface area (Å²) in [6.45, 7) is 0. The third kappa shape index (κ3) is 2.66. The third-order valence-corrected chi connectivity index (χ3v) is 4.94.